The Balaban J connectivity index is 2.08. The Kier molecular flexibility index (Phi) is 4.74. The van der Waals surface area contributed by atoms with Crippen molar-refractivity contribution in [3.8, 4) is 0 Å². The van der Waals surface area contributed by atoms with Crippen molar-refractivity contribution >= 4 is 11.8 Å². The Hall–Kier alpha value is -1.33. The number of halogens is 1. The maximum Gasteiger partial charge on any atom is 0.261 e. The molecule has 0 unspecified atom stereocenters. The molecule has 1 N–H and O–H groups in total. The molecular formula is C16H21FN2OS. The first-order chi connectivity index (χ1) is 9.74. The molecule has 1 aromatic carbocycles. The minimum Gasteiger partial charge on any atom is -0.436 e. The zero-order chi connectivity index (χ0) is 15.6. The molecule has 0 fully saturated rings. The number of nitrogens with one attached hydrogen (secondary N) is 1. The highest BCUT2D eigenvalue weighted by atomic mass is 32.2. The molecule has 0 aliphatic heterocycles. The Morgan fingerprint density at radius 3 is 2.52 bits per heavy atom. The van der Waals surface area contributed by atoms with E-state index >= 15 is 0 Å². The SMILES string of the molecule is Cc1nc(Sc2ccc(CNC(C)(C)C)cc2F)oc1C. The van der Waals surface area contributed by atoms with Crippen molar-refractivity contribution in [3.05, 3.63) is 41.0 Å². The van der Waals surface area contributed by atoms with E-state index in [0.717, 1.165) is 17.0 Å². The third-order valence-corrected chi connectivity index (χ3v) is 3.93. The maximum absolute atomic E-state index is 14.1. The number of aromatic nitrogens is 1. The van der Waals surface area contributed by atoms with Gasteiger partial charge in [0.1, 0.15) is 11.6 Å². The molecule has 0 saturated heterocycles. The molecule has 114 valence electrons. The second-order valence-electron chi connectivity index (χ2n) is 6.09. The fourth-order valence-corrected chi connectivity index (χ4v) is 2.52. The van der Waals surface area contributed by atoms with Gasteiger partial charge in [0, 0.05) is 12.1 Å². The van der Waals surface area contributed by atoms with Crippen LogP contribution in [0.2, 0.25) is 0 Å². The highest BCUT2D eigenvalue weighted by Gasteiger charge is 2.13. The molecule has 3 nitrogen and oxygen atoms in total. The lowest BCUT2D eigenvalue weighted by Gasteiger charge is -2.20. The molecule has 0 bridgehead atoms. The molecule has 0 spiro atoms. The van der Waals surface area contributed by atoms with Crippen LogP contribution in [0.25, 0.3) is 0 Å². The van der Waals surface area contributed by atoms with Gasteiger partial charge in [-0.1, -0.05) is 6.07 Å². The highest BCUT2D eigenvalue weighted by Crippen LogP contribution is 2.30. The summed E-state index contributed by atoms with van der Waals surface area (Å²) in [6.07, 6.45) is 0. The summed E-state index contributed by atoms with van der Waals surface area (Å²) in [4.78, 5) is 4.78. The third kappa shape index (κ3) is 4.58. The van der Waals surface area contributed by atoms with Gasteiger partial charge in [0.2, 0.25) is 0 Å². The summed E-state index contributed by atoms with van der Waals surface area (Å²) < 4.78 is 19.6. The van der Waals surface area contributed by atoms with E-state index in [0.29, 0.717) is 16.7 Å². The van der Waals surface area contributed by atoms with Crippen molar-refractivity contribution in [1.29, 1.82) is 0 Å². The average Bonchev–Trinajstić information content (AvgIpc) is 2.68. The third-order valence-electron chi connectivity index (χ3n) is 3.03. The largest absolute Gasteiger partial charge is 0.436 e. The van der Waals surface area contributed by atoms with Crippen LogP contribution >= 0.6 is 11.8 Å². The van der Waals surface area contributed by atoms with Crippen LogP contribution in [0.1, 0.15) is 37.8 Å². The maximum atomic E-state index is 14.1. The molecule has 0 saturated carbocycles. The lowest BCUT2D eigenvalue weighted by Crippen LogP contribution is -2.35. The zero-order valence-electron chi connectivity index (χ0n) is 13.1. The van der Waals surface area contributed by atoms with Gasteiger partial charge in [0.25, 0.3) is 5.22 Å². The summed E-state index contributed by atoms with van der Waals surface area (Å²) in [5.74, 6) is 0.519. The molecule has 2 aromatic rings. The van der Waals surface area contributed by atoms with Crippen molar-refractivity contribution in [2.24, 2.45) is 0 Å². The van der Waals surface area contributed by atoms with Gasteiger partial charge in [-0.15, -0.1) is 0 Å². The smallest absolute Gasteiger partial charge is 0.261 e. The number of oxazole rings is 1. The zero-order valence-corrected chi connectivity index (χ0v) is 13.9. The van der Waals surface area contributed by atoms with Crippen molar-refractivity contribution in [2.45, 2.75) is 56.8 Å². The van der Waals surface area contributed by atoms with E-state index in [1.807, 2.05) is 19.9 Å². The van der Waals surface area contributed by atoms with Crippen LogP contribution in [0, 0.1) is 19.7 Å². The summed E-state index contributed by atoms with van der Waals surface area (Å²) in [5, 5.41) is 3.82. The van der Waals surface area contributed by atoms with E-state index in [2.05, 4.69) is 31.1 Å². The predicted molar refractivity (Wildman–Crippen MR) is 83.1 cm³/mol. The predicted octanol–water partition coefficient (Wildman–Crippen LogP) is 4.47. The highest BCUT2D eigenvalue weighted by molar-refractivity contribution is 7.99. The fourth-order valence-electron chi connectivity index (χ4n) is 1.69. The molecule has 0 aliphatic carbocycles. The molecule has 0 radical (unpaired) electrons. The summed E-state index contributed by atoms with van der Waals surface area (Å²) in [7, 11) is 0. The van der Waals surface area contributed by atoms with Crippen LogP contribution in [0.15, 0.2) is 32.7 Å². The van der Waals surface area contributed by atoms with Crippen molar-refractivity contribution in [1.82, 2.24) is 10.3 Å². The standard InChI is InChI=1S/C16H21FN2OS/c1-10-11(2)20-15(19-10)21-14-7-6-12(8-13(14)17)9-18-16(3,4)5/h6-8,18H,9H2,1-5H3. The number of aryl methyl sites for hydroxylation is 2. The molecule has 1 heterocycles. The molecule has 21 heavy (non-hydrogen) atoms. The fraction of sp³-hybridized carbons (Fsp3) is 0.438. The van der Waals surface area contributed by atoms with Crippen LogP contribution in [0.5, 0.6) is 0 Å². The minimum absolute atomic E-state index is 0.0110. The van der Waals surface area contributed by atoms with Gasteiger partial charge in [-0.2, -0.15) is 0 Å². The molecule has 0 atom stereocenters. The monoisotopic (exact) mass is 308 g/mol. The van der Waals surface area contributed by atoms with Crippen LogP contribution in [0.3, 0.4) is 0 Å². The van der Waals surface area contributed by atoms with E-state index in [-0.39, 0.29) is 11.4 Å². The number of nitrogens with zero attached hydrogens (tertiary/aromatic N) is 1. The van der Waals surface area contributed by atoms with Crippen LogP contribution in [-0.2, 0) is 6.54 Å². The first-order valence-corrected chi connectivity index (χ1v) is 7.71. The summed E-state index contributed by atoms with van der Waals surface area (Å²) in [5.41, 5.74) is 1.77. The molecular weight excluding hydrogens is 287 g/mol. The van der Waals surface area contributed by atoms with Gasteiger partial charge in [-0.3, -0.25) is 0 Å². The van der Waals surface area contributed by atoms with Gasteiger partial charge in [-0.25, -0.2) is 9.37 Å². The van der Waals surface area contributed by atoms with Gasteiger partial charge in [0.05, 0.1) is 10.6 Å². The van der Waals surface area contributed by atoms with Gasteiger partial charge in [0.15, 0.2) is 0 Å². The first-order valence-electron chi connectivity index (χ1n) is 6.90. The molecule has 2 rings (SSSR count). The second-order valence-corrected chi connectivity index (χ2v) is 7.08. The summed E-state index contributed by atoms with van der Waals surface area (Å²) in [6.45, 7) is 10.6. The number of hydrogen-bond donors (Lipinski definition) is 1. The van der Waals surface area contributed by atoms with Gasteiger partial charge in [-0.05, 0) is 64.1 Å². The van der Waals surface area contributed by atoms with Gasteiger partial charge < -0.3 is 9.73 Å². The van der Waals surface area contributed by atoms with E-state index < -0.39 is 0 Å². The lowest BCUT2D eigenvalue weighted by atomic mass is 10.1. The Labute approximate surface area is 129 Å². The minimum atomic E-state index is -0.248. The van der Waals surface area contributed by atoms with Crippen molar-refractivity contribution in [3.63, 3.8) is 0 Å². The first kappa shape index (κ1) is 16.0. The Morgan fingerprint density at radius 2 is 2.00 bits per heavy atom. The second kappa shape index (κ2) is 6.20. The topological polar surface area (TPSA) is 38.1 Å². The number of hydrogen-bond acceptors (Lipinski definition) is 4. The van der Waals surface area contributed by atoms with Crippen LogP contribution in [-0.4, -0.2) is 10.5 Å². The van der Waals surface area contributed by atoms with Crippen LogP contribution < -0.4 is 5.32 Å². The van der Waals surface area contributed by atoms with Gasteiger partial charge >= 0.3 is 0 Å². The normalized spacial score (nSPS) is 11.9. The summed E-state index contributed by atoms with van der Waals surface area (Å²) in [6, 6.07) is 5.26. The molecule has 0 amide bonds. The van der Waals surface area contributed by atoms with Crippen molar-refractivity contribution < 1.29 is 8.81 Å². The Bertz CT molecular complexity index is 612. The molecule has 5 heteroatoms. The quantitative estimate of drug-likeness (QED) is 0.904. The molecule has 1 aromatic heterocycles. The number of benzene rings is 1. The van der Waals surface area contributed by atoms with E-state index in [1.165, 1.54) is 11.8 Å². The van der Waals surface area contributed by atoms with Crippen LogP contribution in [0.4, 0.5) is 4.39 Å². The molecule has 0 aliphatic rings. The van der Waals surface area contributed by atoms with Crippen molar-refractivity contribution in [2.75, 3.05) is 0 Å². The average molecular weight is 308 g/mol. The Morgan fingerprint density at radius 1 is 1.29 bits per heavy atom. The number of rotatable bonds is 4. The van der Waals surface area contributed by atoms with E-state index in [9.17, 15) is 4.39 Å². The van der Waals surface area contributed by atoms with E-state index in [4.69, 9.17) is 4.42 Å². The van der Waals surface area contributed by atoms with E-state index in [1.54, 1.807) is 12.1 Å². The summed E-state index contributed by atoms with van der Waals surface area (Å²) >= 11 is 1.21. The lowest BCUT2D eigenvalue weighted by molar-refractivity contribution is 0.423.